The Balaban J connectivity index is 2.38. The van der Waals surface area contributed by atoms with Crippen molar-refractivity contribution < 1.29 is 9.13 Å². The number of rotatable bonds is 5. The highest BCUT2D eigenvalue weighted by atomic mass is 79.9. The smallest absolute Gasteiger partial charge is 0.129 e. The molecule has 2 nitrogen and oxygen atoms in total. The molecule has 0 aromatic heterocycles. The molecule has 0 saturated carbocycles. The van der Waals surface area contributed by atoms with Gasteiger partial charge in [-0.05, 0) is 44.2 Å². The fourth-order valence-corrected chi connectivity index (χ4v) is 3.10. The Labute approximate surface area is 133 Å². The summed E-state index contributed by atoms with van der Waals surface area (Å²) < 4.78 is 20.3. The van der Waals surface area contributed by atoms with E-state index in [9.17, 15) is 4.39 Å². The van der Waals surface area contributed by atoms with E-state index in [1.165, 1.54) is 6.07 Å². The maximum Gasteiger partial charge on any atom is 0.129 e. The first kappa shape index (κ1) is 16.0. The molecule has 1 N–H and O–H groups in total. The van der Waals surface area contributed by atoms with Crippen molar-refractivity contribution in [3.63, 3.8) is 0 Å². The Morgan fingerprint density at radius 1 is 1.29 bits per heavy atom. The molecule has 1 unspecified atom stereocenters. The van der Waals surface area contributed by atoms with Gasteiger partial charge in [-0.15, -0.1) is 0 Å². The normalized spacial score (nSPS) is 12.2. The molecule has 1 atom stereocenters. The van der Waals surface area contributed by atoms with Crippen LogP contribution in [0.3, 0.4) is 0 Å². The summed E-state index contributed by atoms with van der Waals surface area (Å²) in [6.07, 6.45) is 0.654. The zero-order chi connectivity index (χ0) is 15.4. The van der Waals surface area contributed by atoms with E-state index in [0.29, 0.717) is 12.0 Å². The Morgan fingerprint density at radius 2 is 2.05 bits per heavy atom. The minimum absolute atomic E-state index is 0.128. The molecule has 21 heavy (non-hydrogen) atoms. The van der Waals surface area contributed by atoms with Crippen LogP contribution in [0.4, 0.5) is 4.39 Å². The first-order valence-electron chi connectivity index (χ1n) is 6.81. The van der Waals surface area contributed by atoms with Crippen molar-refractivity contribution in [2.75, 3.05) is 14.2 Å². The predicted octanol–water partition coefficient (Wildman–Crippen LogP) is 4.41. The van der Waals surface area contributed by atoms with E-state index in [4.69, 9.17) is 4.74 Å². The fourth-order valence-electron chi connectivity index (χ4n) is 2.48. The maximum absolute atomic E-state index is 14.2. The van der Waals surface area contributed by atoms with E-state index in [1.54, 1.807) is 13.2 Å². The third-order valence-corrected chi connectivity index (χ3v) is 4.25. The van der Waals surface area contributed by atoms with Gasteiger partial charge in [0.25, 0.3) is 0 Å². The molecular formula is C17H19BrFNO. The van der Waals surface area contributed by atoms with Crippen LogP contribution in [0.5, 0.6) is 5.75 Å². The molecular weight excluding hydrogens is 333 g/mol. The number of aryl methyl sites for hydroxylation is 1. The first-order valence-corrected chi connectivity index (χ1v) is 7.60. The van der Waals surface area contributed by atoms with Crippen LogP contribution in [0.1, 0.15) is 22.7 Å². The molecule has 0 aliphatic heterocycles. The molecule has 0 saturated heterocycles. The van der Waals surface area contributed by atoms with Crippen LogP contribution in [0.15, 0.2) is 40.9 Å². The second-order valence-corrected chi connectivity index (χ2v) is 5.85. The zero-order valence-electron chi connectivity index (χ0n) is 12.4. The molecule has 2 aromatic rings. The van der Waals surface area contributed by atoms with Gasteiger partial charge in [-0.2, -0.15) is 0 Å². The minimum Gasteiger partial charge on any atom is -0.496 e. The lowest BCUT2D eigenvalue weighted by Gasteiger charge is -2.20. The molecule has 112 valence electrons. The molecule has 2 rings (SSSR count). The Bertz CT molecular complexity index is 610. The molecule has 0 spiro atoms. The van der Waals surface area contributed by atoms with Gasteiger partial charge in [0.1, 0.15) is 11.6 Å². The molecule has 0 aliphatic rings. The minimum atomic E-state index is -0.213. The van der Waals surface area contributed by atoms with Crippen LogP contribution in [0, 0.1) is 12.7 Å². The Kier molecular flexibility index (Phi) is 5.37. The third-order valence-electron chi connectivity index (χ3n) is 3.56. The van der Waals surface area contributed by atoms with Crippen LogP contribution in [0.2, 0.25) is 0 Å². The standard InChI is InChI=1S/C17H19BrFNO/c1-11-7-8-16(21-3)12(9-11)10-15(20-2)17-13(18)5-4-6-14(17)19/h4-9,15,20H,10H2,1-3H3. The summed E-state index contributed by atoms with van der Waals surface area (Å²) in [4.78, 5) is 0. The van der Waals surface area contributed by atoms with Crippen LogP contribution in [-0.4, -0.2) is 14.2 Å². The Hall–Kier alpha value is -1.39. The fraction of sp³-hybridized carbons (Fsp3) is 0.294. The van der Waals surface area contributed by atoms with E-state index in [0.717, 1.165) is 21.3 Å². The highest BCUT2D eigenvalue weighted by Crippen LogP contribution is 2.31. The number of benzene rings is 2. The van der Waals surface area contributed by atoms with Gasteiger partial charge in [0.2, 0.25) is 0 Å². The van der Waals surface area contributed by atoms with Gasteiger partial charge in [0.15, 0.2) is 0 Å². The summed E-state index contributed by atoms with van der Waals surface area (Å²) in [6, 6.07) is 11.0. The highest BCUT2D eigenvalue weighted by Gasteiger charge is 2.19. The van der Waals surface area contributed by atoms with E-state index < -0.39 is 0 Å². The number of hydrogen-bond donors (Lipinski definition) is 1. The lowest BCUT2D eigenvalue weighted by molar-refractivity contribution is 0.405. The van der Waals surface area contributed by atoms with Crippen molar-refractivity contribution in [2.24, 2.45) is 0 Å². The second kappa shape index (κ2) is 7.05. The average molecular weight is 352 g/mol. The number of halogens is 2. The van der Waals surface area contributed by atoms with E-state index >= 15 is 0 Å². The average Bonchev–Trinajstić information content (AvgIpc) is 2.46. The van der Waals surface area contributed by atoms with Crippen LogP contribution in [-0.2, 0) is 6.42 Å². The van der Waals surface area contributed by atoms with Crippen molar-refractivity contribution in [2.45, 2.75) is 19.4 Å². The van der Waals surface area contributed by atoms with Crippen molar-refractivity contribution >= 4 is 15.9 Å². The van der Waals surface area contributed by atoms with Gasteiger partial charge in [-0.25, -0.2) is 4.39 Å². The van der Waals surface area contributed by atoms with Crippen molar-refractivity contribution in [1.82, 2.24) is 5.32 Å². The summed E-state index contributed by atoms with van der Waals surface area (Å²) in [6.45, 7) is 2.04. The monoisotopic (exact) mass is 351 g/mol. The molecule has 4 heteroatoms. The van der Waals surface area contributed by atoms with E-state index in [1.807, 2.05) is 32.2 Å². The van der Waals surface area contributed by atoms with Gasteiger partial charge in [0, 0.05) is 16.1 Å². The van der Waals surface area contributed by atoms with Crippen molar-refractivity contribution in [1.29, 1.82) is 0 Å². The van der Waals surface area contributed by atoms with Crippen LogP contribution < -0.4 is 10.1 Å². The zero-order valence-corrected chi connectivity index (χ0v) is 14.0. The largest absolute Gasteiger partial charge is 0.496 e. The lowest BCUT2D eigenvalue weighted by atomic mass is 9.97. The summed E-state index contributed by atoms with van der Waals surface area (Å²) >= 11 is 3.44. The molecule has 0 amide bonds. The SMILES string of the molecule is CNC(Cc1cc(C)ccc1OC)c1c(F)cccc1Br. The van der Waals surface area contributed by atoms with Gasteiger partial charge in [-0.1, -0.05) is 39.7 Å². The van der Waals surface area contributed by atoms with Crippen molar-refractivity contribution in [3.05, 3.63) is 63.4 Å². The molecule has 0 aliphatic carbocycles. The number of ether oxygens (including phenoxy) is 1. The summed E-state index contributed by atoms with van der Waals surface area (Å²) in [7, 11) is 3.49. The Morgan fingerprint density at radius 3 is 2.67 bits per heavy atom. The van der Waals surface area contributed by atoms with Crippen molar-refractivity contribution in [3.8, 4) is 5.75 Å². The molecule has 0 heterocycles. The number of nitrogens with one attached hydrogen (secondary N) is 1. The highest BCUT2D eigenvalue weighted by molar-refractivity contribution is 9.10. The number of likely N-dealkylation sites (N-methyl/N-ethyl adjacent to an activating group) is 1. The van der Waals surface area contributed by atoms with Crippen LogP contribution in [0.25, 0.3) is 0 Å². The third kappa shape index (κ3) is 3.63. The predicted molar refractivity (Wildman–Crippen MR) is 87.3 cm³/mol. The summed E-state index contributed by atoms with van der Waals surface area (Å²) in [5.41, 5.74) is 2.86. The van der Waals surface area contributed by atoms with Gasteiger partial charge >= 0.3 is 0 Å². The van der Waals surface area contributed by atoms with E-state index in [2.05, 4.69) is 27.3 Å². The molecule has 0 bridgehead atoms. The van der Waals surface area contributed by atoms with Gasteiger partial charge < -0.3 is 10.1 Å². The van der Waals surface area contributed by atoms with Crippen LogP contribution >= 0.6 is 15.9 Å². The van der Waals surface area contributed by atoms with Gasteiger partial charge in [0.05, 0.1) is 7.11 Å². The lowest BCUT2D eigenvalue weighted by Crippen LogP contribution is -2.21. The topological polar surface area (TPSA) is 21.3 Å². The van der Waals surface area contributed by atoms with E-state index in [-0.39, 0.29) is 11.9 Å². The second-order valence-electron chi connectivity index (χ2n) is 5.00. The number of methoxy groups -OCH3 is 1. The molecule has 2 aromatic carbocycles. The molecule has 0 radical (unpaired) electrons. The first-order chi connectivity index (χ1) is 10.1. The number of hydrogen-bond acceptors (Lipinski definition) is 2. The maximum atomic E-state index is 14.2. The quantitative estimate of drug-likeness (QED) is 0.861. The summed E-state index contributed by atoms with van der Waals surface area (Å²) in [5, 5.41) is 3.19. The molecule has 0 fully saturated rings. The van der Waals surface area contributed by atoms with Gasteiger partial charge in [-0.3, -0.25) is 0 Å². The summed E-state index contributed by atoms with van der Waals surface area (Å²) in [5.74, 6) is 0.614.